The molecule has 126 valence electrons. The van der Waals surface area contributed by atoms with Gasteiger partial charge in [-0.15, -0.1) is 5.10 Å². The number of methoxy groups -OCH3 is 1. The molecule has 0 radical (unpaired) electrons. The molecule has 0 unspecified atom stereocenters. The lowest BCUT2D eigenvalue weighted by atomic mass is 10.2. The van der Waals surface area contributed by atoms with E-state index in [0.717, 1.165) is 11.3 Å². The molecular formula is C18H17N5O2. The van der Waals surface area contributed by atoms with Gasteiger partial charge < -0.3 is 10.1 Å². The first-order valence-electron chi connectivity index (χ1n) is 7.66. The molecule has 0 spiro atoms. The smallest absolute Gasteiger partial charge is 0.330 e. The van der Waals surface area contributed by atoms with E-state index >= 15 is 0 Å². The highest BCUT2D eigenvalue weighted by Crippen LogP contribution is 2.09. The van der Waals surface area contributed by atoms with E-state index in [1.165, 1.54) is 13.2 Å². The summed E-state index contributed by atoms with van der Waals surface area (Å²) in [6, 6.07) is 13.5. The molecule has 3 aromatic rings. The second-order valence-electron chi connectivity index (χ2n) is 5.13. The Morgan fingerprint density at radius 3 is 2.76 bits per heavy atom. The normalized spacial score (nSPS) is 10.8. The van der Waals surface area contributed by atoms with E-state index in [2.05, 4.69) is 25.1 Å². The second kappa shape index (κ2) is 7.87. The number of ether oxygens (including phenoxy) is 1. The third-order valence-corrected chi connectivity index (χ3v) is 3.39. The van der Waals surface area contributed by atoms with Gasteiger partial charge in [-0.05, 0) is 35.9 Å². The van der Waals surface area contributed by atoms with Crippen LogP contribution in [0.2, 0.25) is 0 Å². The highest BCUT2D eigenvalue weighted by atomic mass is 16.5. The number of para-hydroxylation sites is 1. The molecule has 7 heteroatoms. The third kappa shape index (κ3) is 4.51. The van der Waals surface area contributed by atoms with Crippen molar-refractivity contribution in [3.8, 4) is 5.69 Å². The molecule has 0 atom stereocenters. The van der Waals surface area contributed by atoms with Crippen LogP contribution in [0.5, 0.6) is 0 Å². The standard InChI is InChI=1S/C18H17N5O2/c1-25-18(24)10-8-14-7-9-16(19-11-14)20-12-17-21-13-23(22-17)15-5-3-2-4-6-15/h2-11,13H,12H2,1H3,(H,19,20)/b10-8+. The molecule has 7 nitrogen and oxygen atoms in total. The van der Waals surface area contributed by atoms with E-state index in [1.807, 2.05) is 42.5 Å². The maximum Gasteiger partial charge on any atom is 0.330 e. The van der Waals surface area contributed by atoms with Gasteiger partial charge in [0.15, 0.2) is 5.82 Å². The summed E-state index contributed by atoms with van der Waals surface area (Å²) in [5.41, 5.74) is 1.77. The van der Waals surface area contributed by atoms with Gasteiger partial charge in [0.05, 0.1) is 19.3 Å². The Labute approximate surface area is 145 Å². The Morgan fingerprint density at radius 1 is 1.20 bits per heavy atom. The molecule has 0 saturated carbocycles. The van der Waals surface area contributed by atoms with Crippen molar-refractivity contribution in [1.82, 2.24) is 19.7 Å². The molecule has 1 aromatic carbocycles. The Kier molecular flexibility index (Phi) is 5.16. The third-order valence-electron chi connectivity index (χ3n) is 3.39. The predicted octanol–water partition coefficient (Wildman–Crippen LogP) is 2.46. The fourth-order valence-electron chi connectivity index (χ4n) is 2.09. The van der Waals surface area contributed by atoms with E-state index in [9.17, 15) is 4.79 Å². The zero-order valence-corrected chi connectivity index (χ0v) is 13.7. The highest BCUT2D eigenvalue weighted by Gasteiger charge is 2.03. The van der Waals surface area contributed by atoms with Gasteiger partial charge in [-0.1, -0.05) is 18.2 Å². The first kappa shape index (κ1) is 16.4. The van der Waals surface area contributed by atoms with Crippen molar-refractivity contribution >= 4 is 17.9 Å². The van der Waals surface area contributed by atoms with Crippen LogP contribution < -0.4 is 5.32 Å². The average Bonchev–Trinajstić information content (AvgIpc) is 3.15. The fraction of sp³-hybridized carbons (Fsp3) is 0.111. The van der Waals surface area contributed by atoms with Crippen molar-refractivity contribution in [2.24, 2.45) is 0 Å². The molecule has 0 fully saturated rings. The molecule has 3 rings (SSSR count). The van der Waals surface area contributed by atoms with Crippen LogP contribution in [0.4, 0.5) is 5.82 Å². The van der Waals surface area contributed by atoms with E-state index in [4.69, 9.17) is 0 Å². The number of hydrogen-bond donors (Lipinski definition) is 1. The molecule has 0 aliphatic carbocycles. The number of carbonyl (C=O) groups is 1. The van der Waals surface area contributed by atoms with Crippen molar-refractivity contribution in [2.45, 2.75) is 6.54 Å². The first-order valence-corrected chi connectivity index (χ1v) is 7.66. The number of anilines is 1. The number of pyridine rings is 1. The molecule has 0 bridgehead atoms. The predicted molar refractivity (Wildman–Crippen MR) is 94.0 cm³/mol. The lowest BCUT2D eigenvalue weighted by Crippen LogP contribution is -2.04. The fourth-order valence-corrected chi connectivity index (χ4v) is 2.09. The quantitative estimate of drug-likeness (QED) is 0.550. The van der Waals surface area contributed by atoms with Crippen LogP contribution in [0, 0.1) is 0 Å². The molecule has 0 saturated heterocycles. The summed E-state index contributed by atoms with van der Waals surface area (Å²) in [5.74, 6) is 0.967. The molecule has 0 amide bonds. The van der Waals surface area contributed by atoms with Gasteiger partial charge in [0.2, 0.25) is 0 Å². The number of nitrogens with one attached hydrogen (secondary N) is 1. The van der Waals surface area contributed by atoms with Gasteiger partial charge in [-0.3, -0.25) is 0 Å². The summed E-state index contributed by atoms with van der Waals surface area (Å²) >= 11 is 0. The first-order chi connectivity index (χ1) is 12.2. The number of esters is 1. The molecule has 0 aliphatic rings. The lowest BCUT2D eigenvalue weighted by molar-refractivity contribution is -0.134. The zero-order chi connectivity index (χ0) is 17.5. The van der Waals surface area contributed by atoms with Crippen molar-refractivity contribution in [3.63, 3.8) is 0 Å². The lowest BCUT2D eigenvalue weighted by Gasteiger charge is -2.03. The molecule has 2 heterocycles. The number of rotatable bonds is 6. The Balaban J connectivity index is 1.58. The number of nitrogens with zero attached hydrogens (tertiary/aromatic N) is 4. The van der Waals surface area contributed by atoms with Crippen LogP contribution in [0.25, 0.3) is 11.8 Å². The summed E-state index contributed by atoms with van der Waals surface area (Å²) in [6.45, 7) is 0.462. The van der Waals surface area contributed by atoms with E-state index in [1.54, 1.807) is 23.3 Å². The molecule has 2 aromatic heterocycles. The summed E-state index contributed by atoms with van der Waals surface area (Å²) in [6.07, 6.45) is 6.34. The molecule has 25 heavy (non-hydrogen) atoms. The van der Waals surface area contributed by atoms with Crippen molar-refractivity contribution in [2.75, 3.05) is 12.4 Å². The Hall–Kier alpha value is -3.48. The van der Waals surface area contributed by atoms with Gasteiger partial charge in [-0.2, -0.15) is 0 Å². The minimum Gasteiger partial charge on any atom is -0.466 e. The van der Waals surface area contributed by atoms with Crippen LogP contribution >= 0.6 is 0 Å². The summed E-state index contributed by atoms with van der Waals surface area (Å²) in [5, 5.41) is 7.59. The number of carbonyl (C=O) groups excluding carboxylic acids is 1. The van der Waals surface area contributed by atoms with Crippen molar-refractivity contribution < 1.29 is 9.53 Å². The van der Waals surface area contributed by atoms with Gasteiger partial charge in [0.25, 0.3) is 0 Å². The minimum absolute atomic E-state index is 0.401. The van der Waals surface area contributed by atoms with Crippen LogP contribution in [-0.4, -0.2) is 32.8 Å². The summed E-state index contributed by atoms with van der Waals surface area (Å²) in [7, 11) is 1.34. The van der Waals surface area contributed by atoms with Crippen LogP contribution in [-0.2, 0) is 16.1 Å². The number of benzene rings is 1. The number of hydrogen-bond acceptors (Lipinski definition) is 6. The second-order valence-corrected chi connectivity index (χ2v) is 5.13. The van der Waals surface area contributed by atoms with E-state index < -0.39 is 5.97 Å². The SMILES string of the molecule is COC(=O)/C=C/c1ccc(NCc2ncn(-c3ccccc3)n2)nc1. The van der Waals surface area contributed by atoms with Crippen LogP contribution in [0.15, 0.2) is 61.1 Å². The highest BCUT2D eigenvalue weighted by molar-refractivity contribution is 5.86. The van der Waals surface area contributed by atoms with Gasteiger partial charge >= 0.3 is 5.97 Å². The largest absolute Gasteiger partial charge is 0.466 e. The van der Waals surface area contributed by atoms with Gasteiger partial charge in [-0.25, -0.2) is 19.4 Å². The number of aromatic nitrogens is 4. The Bertz CT molecular complexity index is 857. The van der Waals surface area contributed by atoms with Crippen molar-refractivity contribution in [1.29, 1.82) is 0 Å². The molecule has 0 aliphatic heterocycles. The van der Waals surface area contributed by atoms with Crippen LogP contribution in [0.1, 0.15) is 11.4 Å². The van der Waals surface area contributed by atoms with E-state index in [0.29, 0.717) is 18.2 Å². The van der Waals surface area contributed by atoms with E-state index in [-0.39, 0.29) is 0 Å². The van der Waals surface area contributed by atoms with Gasteiger partial charge in [0.1, 0.15) is 12.1 Å². The average molecular weight is 335 g/mol. The van der Waals surface area contributed by atoms with Crippen LogP contribution in [0.3, 0.4) is 0 Å². The zero-order valence-electron chi connectivity index (χ0n) is 13.7. The summed E-state index contributed by atoms with van der Waals surface area (Å²) in [4.78, 5) is 19.6. The topological polar surface area (TPSA) is 81.9 Å². The monoisotopic (exact) mass is 335 g/mol. The maximum atomic E-state index is 11.1. The minimum atomic E-state index is -0.401. The maximum absolute atomic E-state index is 11.1. The van der Waals surface area contributed by atoms with Crippen molar-refractivity contribution in [3.05, 3.63) is 72.5 Å². The Morgan fingerprint density at radius 2 is 2.04 bits per heavy atom. The summed E-state index contributed by atoms with van der Waals surface area (Å²) < 4.78 is 6.27. The molecular weight excluding hydrogens is 318 g/mol. The molecule has 1 N–H and O–H groups in total. The van der Waals surface area contributed by atoms with Gasteiger partial charge in [0, 0.05) is 12.3 Å².